The van der Waals surface area contributed by atoms with Crippen LogP contribution in [0.5, 0.6) is 0 Å². The maximum atomic E-state index is 13.8. The number of thiophene rings is 1. The minimum atomic E-state index is -3.97. The SMILES string of the molecule is O=C(Cc1ccccc1)C(F)(F)C(=O)c1cccs1. The molecule has 2 nitrogen and oxygen atoms in total. The first kappa shape index (κ1) is 13.5. The Morgan fingerprint density at radius 3 is 2.32 bits per heavy atom. The van der Waals surface area contributed by atoms with E-state index < -0.39 is 23.9 Å². The summed E-state index contributed by atoms with van der Waals surface area (Å²) in [6, 6.07) is 11.0. The predicted molar refractivity (Wildman–Crippen MR) is 68.7 cm³/mol. The molecule has 0 bridgehead atoms. The number of carbonyl (C=O) groups excluding carboxylic acids is 2. The molecule has 0 atom stereocenters. The average molecular weight is 280 g/mol. The zero-order valence-corrected chi connectivity index (χ0v) is 10.6. The summed E-state index contributed by atoms with van der Waals surface area (Å²) in [5, 5.41) is 1.52. The zero-order chi connectivity index (χ0) is 13.9. The number of benzene rings is 1. The Balaban J connectivity index is 2.15. The summed E-state index contributed by atoms with van der Waals surface area (Å²) in [5.41, 5.74) is 0.464. The van der Waals surface area contributed by atoms with Crippen LogP contribution in [-0.2, 0) is 11.2 Å². The van der Waals surface area contributed by atoms with Gasteiger partial charge in [0.1, 0.15) is 0 Å². The van der Waals surface area contributed by atoms with Crippen molar-refractivity contribution in [1.82, 2.24) is 0 Å². The summed E-state index contributed by atoms with van der Waals surface area (Å²) in [7, 11) is 0. The lowest BCUT2D eigenvalue weighted by Gasteiger charge is -2.12. The van der Waals surface area contributed by atoms with Crippen molar-refractivity contribution in [3.05, 3.63) is 58.3 Å². The van der Waals surface area contributed by atoms with Crippen molar-refractivity contribution in [1.29, 1.82) is 0 Å². The number of Topliss-reactive ketones (excluding diaryl/α,β-unsaturated/α-hetero) is 2. The van der Waals surface area contributed by atoms with Crippen molar-refractivity contribution >= 4 is 22.9 Å². The minimum Gasteiger partial charge on any atom is -0.292 e. The van der Waals surface area contributed by atoms with Crippen molar-refractivity contribution in [2.45, 2.75) is 12.3 Å². The summed E-state index contributed by atoms with van der Waals surface area (Å²) in [6.07, 6.45) is -0.453. The Hall–Kier alpha value is -1.88. The third kappa shape index (κ3) is 2.93. The maximum absolute atomic E-state index is 13.8. The number of hydrogen-bond donors (Lipinski definition) is 0. The van der Waals surface area contributed by atoms with E-state index in [1.54, 1.807) is 30.3 Å². The second-order valence-electron chi connectivity index (χ2n) is 3.97. The molecule has 0 N–H and O–H groups in total. The average Bonchev–Trinajstić information content (AvgIpc) is 2.92. The number of ketones is 2. The fraction of sp³-hybridized carbons (Fsp3) is 0.143. The van der Waals surface area contributed by atoms with Crippen LogP contribution in [-0.4, -0.2) is 17.5 Å². The normalized spacial score (nSPS) is 11.3. The first-order valence-corrected chi connectivity index (χ1v) is 6.43. The van der Waals surface area contributed by atoms with Gasteiger partial charge < -0.3 is 0 Å². The van der Waals surface area contributed by atoms with Crippen molar-refractivity contribution < 1.29 is 18.4 Å². The summed E-state index contributed by atoms with van der Waals surface area (Å²) in [5.74, 6) is -6.78. The molecule has 19 heavy (non-hydrogen) atoms. The largest absolute Gasteiger partial charge is 0.368 e. The first-order chi connectivity index (χ1) is 9.01. The van der Waals surface area contributed by atoms with Gasteiger partial charge in [0.05, 0.1) is 4.88 Å². The molecule has 1 aromatic heterocycles. The van der Waals surface area contributed by atoms with Gasteiger partial charge in [-0.3, -0.25) is 9.59 Å². The highest BCUT2D eigenvalue weighted by atomic mass is 32.1. The molecule has 5 heteroatoms. The molecule has 0 fully saturated rings. The van der Waals surface area contributed by atoms with Crippen LogP contribution < -0.4 is 0 Å². The summed E-state index contributed by atoms with van der Waals surface area (Å²) < 4.78 is 27.5. The van der Waals surface area contributed by atoms with Gasteiger partial charge in [-0.25, -0.2) is 0 Å². The van der Waals surface area contributed by atoms with Gasteiger partial charge in [0.2, 0.25) is 11.6 Å². The Morgan fingerprint density at radius 2 is 1.74 bits per heavy atom. The number of carbonyl (C=O) groups is 2. The number of alkyl halides is 2. The molecular formula is C14H10F2O2S. The summed E-state index contributed by atoms with van der Waals surface area (Å²) >= 11 is 0.900. The van der Waals surface area contributed by atoms with Gasteiger partial charge >= 0.3 is 5.92 Å². The third-order valence-corrected chi connectivity index (χ3v) is 3.46. The van der Waals surface area contributed by atoms with Gasteiger partial charge in [-0.2, -0.15) is 8.78 Å². The van der Waals surface area contributed by atoms with E-state index in [1.807, 2.05) is 0 Å². The first-order valence-electron chi connectivity index (χ1n) is 5.55. The molecular weight excluding hydrogens is 270 g/mol. The molecule has 0 saturated carbocycles. The highest BCUT2D eigenvalue weighted by Gasteiger charge is 2.47. The Morgan fingerprint density at radius 1 is 1.05 bits per heavy atom. The molecule has 0 spiro atoms. The molecule has 0 aliphatic heterocycles. The van der Waals surface area contributed by atoms with Gasteiger partial charge in [0.15, 0.2) is 0 Å². The fourth-order valence-electron chi connectivity index (χ4n) is 1.58. The Labute approximate surface area is 112 Å². The van der Waals surface area contributed by atoms with Gasteiger partial charge in [0, 0.05) is 6.42 Å². The molecule has 0 aliphatic carbocycles. The molecule has 0 amide bonds. The van der Waals surface area contributed by atoms with Crippen molar-refractivity contribution in [3.8, 4) is 0 Å². The second-order valence-corrected chi connectivity index (χ2v) is 4.91. The van der Waals surface area contributed by atoms with Crippen molar-refractivity contribution in [2.75, 3.05) is 0 Å². The smallest absolute Gasteiger partial charge is 0.292 e. The van der Waals surface area contributed by atoms with E-state index in [0.29, 0.717) is 5.56 Å². The molecule has 0 aliphatic rings. The van der Waals surface area contributed by atoms with Crippen molar-refractivity contribution in [3.63, 3.8) is 0 Å². The summed E-state index contributed by atoms with van der Waals surface area (Å²) in [6.45, 7) is 0. The van der Waals surface area contributed by atoms with Gasteiger partial charge in [-0.1, -0.05) is 36.4 Å². The molecule has 0 saturated heterocycles. The summed E-state index contributed by atoms with van der Waals surface area (Å²) in [4.78, 5) is 23.1. The van der Waals surface area contributed by atoms with E-state index in [1.165, 1.54) is 17.5 Å². The second kappa shape index (κ2) is 5.40. The van der Waals surface area contributed by atoms with Gasteiger partial charge in [0.25, 0.3) is 0 Å². The minimum absolute atomic E-state index is 0.105. The standard InChI is InChI=1S/C14H10F2O2S/c15-14(16,13(18)11-7-4-8-19-11)12(17)9-10-5-2-1-3-6-10/h1-8H,9H2. The highest BCUT2D eigenvalue weighted by molar-refractivity contribution is 7.12. The predicted octanol–water partition coefficient (Wildman–Crippen LogP) is 3.38. The lowest BCUT2D eigenvalue weighted by Crippen LogP contribution is -2.38. The monoisotopic (exact) mass is 280 g/mol. The Bertz CT molecular complexity index is 577. The molecule has 0 unspecified atom stereocenters. The molecule has 2 aromatic rings. The van der Waals surface area contributed by atoms with Crippen LogP contribution in [0, 0.1) is 0 Å². The molecule has 2 rings (SSSR count). The van der Waals surface area contributed by atoms with E-state index in [0.717, 1.165) is 11.3 Å². The quantitative estimate of drug-likeness (QED) is 0.621. The molecule has 1 aromatic carbocycles. The number of halogens is 2. The van der Waals surface area contributed by atoms with Gasteiger partial charge in [-0.15, -0.1) is 11.3 Å². The highest BCUT2D eigenvalue weighted by Crippen LogP contribution is 2.25. The Kier molecular flexibility index (Phi) is 3.85. The van der Waals surface area contributed by atoms with Crippen LogP contribution in [0.2, 0.25) is 0 Å². The van der Waals surface area contributed by atoms with E-state index in [-0.39, 0.29) is 4.88 Å². The lowest BCUT2D eigenvalue weighted by atomic mass is 10.0. The topological polar surface area (TPSA) is 34.1 Å². The number of rotatable bonds is 5. The van der Waals surface area contributed by atoms with Crippen LogP contribution in [0.1, 0.15) is 15.2 Å². The van der Waals surface area contributed by atoms with Crippen LogP contribution in [0.15, 0.2) is 47.8 Å². The third-order valence-electron chi connectivity index (χ3n) is 2.59. The van der Waals surface area contributed by atoms with Crippen molar-refractivity contribution in [2.24, 2.45) is 0 Å². The van der Waals surface area contributed by atoms with Crippen LogP contribution in [0.4, 0.5) is 8.78 Å². The lowest BCUT2D eigenvalue weighted by molar-refractivity contribution is -0.136. The molecule has 98 valence electrons. The van der Waals surface area contributed by atoms with Crippen LogP contribution in [0.3, 0.4) is 0 Å². The van der Waals surface area contributed by atoms with Crippen LogP contribution in [0.25, 0.3) is 0 Å². The van der Waals surface area contributed by atoms with E-state index >= 15 is 0 Å². The molecule has 1 heterocycles. The van der Waals surface area contributed by atoms with E-state index in [9.17, 15) is 18.4 Å². The van der Waals surface area contributed by atoms with Gasteiger partial charge in [-0.05, 0) is 17.0 Å². The number of hydrogen-bond acceptors (Lipinski definition) is 3. The van der Waals surface area contributed by atoms with Crippen LogP contribution >= 0.6 is 11.3 Å². The zero-order valence-electron chi connectivity index (χ0n) is 9.81. The van der Waals surface area contributed by atoms with E-state index in [4.69, 9.17) is 0 Å². The fourth-order valence-corrected chi connectivity index (χ4v) is 2.28. The molecule has 0 radical (unpaired) electrons. The maximum Gasteiger partial charge on any atom is 0.368 e. The van der Waals surface area contributed by atoms with E-state index in [2.05, 4.69) is 0 Å².